The molecule has 0 aliphatic heterocycles. The van der Waals surface area contributed by atoms with Gasteiger partial charge in [0.25, 0.3) is 0 Å². The van der Waals surface area contributed by atoms with E-state index in [0.717, 1.165) is 0 Å². The lowest BCUT2D eigenvalue weighted by molar-refractivity contribution is -0.148. The van der Waals surface area contributed by atoms with Gasteiger partial charge >= 0.3 is 5.97 Å². The van der Waals surface area contributed by atoms with Gasteiger partial charge in [0.2, 0.25) is 0 Å². The standard InChI is InChI=1S/C9H16O4/c1-2-13-9(11)8-12-7-5-3-4-6-10/h3-4,10H,2,5-8H2,1H3/b4-3+. The van der Waals surface area contributed by atoms with Crippen LogP contribution in [0.3, 0.4) is 0 Å². The zero-order chi connectivity index (χ0) is 9.94. The van der Waals surface area contributed by atoms with E-state index in [-0.39, 0.29) is 19.2 Å². The third-order valence-corrected chi connectivity index (χ3v) is 1.23. The number of carbonyl (C=O) groups is 1. The highest BCUT2D eigenvalue weighted by Gasteiger charge is 1.99. The van der Waals surface area contributed by atoms with Gasteiger partial charge in [-0.3, -0.25) is 0 Å². The predicted molar refractivity (Wildman–Crippen MR) is 48.3 cm³/mol. The van der Waals surface area contributed by atoms with Crippen LogP contribution in [0, 0.1) is 0 Å². The third kappa shape index (κ3) is 9.04. The second kappa shape index (κ2) is 9.22. The van der Waals surface area contributed by atoms with Gasteiger partial charge in [-0.2, -0.15) is 0 Å². The van der Waals surface area contributed by atoms with Gasteiger partial charge in [0.05, 0.1) is 19.8 Å². The Hall–Kier alpha value is -0.870. The fourth-order valence-corrected chi connectivity index (χ4v) is 0.702. The Morgan fingerprint density at radius 3 is 2.85 bits per heavy atom. The fraction of sp³-hybridized carbons (Fsp3) is 0.667. The van der Waals surface area contributed by atoms with Crippen LogP contribution in [0.2, 0.25) is 0 Å². The van der Waals surface area contributed by atoms with Crippen molar-refractivity contribution in [3.63, 3.8) is 0 Å². The molecule has 0 saturated heterocycles. The maximum atomic E-state index is 10.7. The van der Waals surface area contributed by atoms with Crippen LogP contribution in [0.1, 0.15) is 13.3 Å². The van der Waals surface area contributed by atoms with Crippen LogP contribution in [0.4, 0.5) is 0 Å². The lowest BCUT2D eigenvalue weighted by Gasteiger charge is -2.01. The Labute approximate surface area is 78.2 Å². The molecular weight excluding hydrogens is 172 g/mol. The van der Waals surface area contributed by atoms with Crippen molar-refractivity contribution in [3.05, 3.63) is 12.2 Å². The molecule has 0 aromatic carbocycles. The molecule has 0 bridgehead atoms. The van der Waals surface area contributed by atoms with E-state index in [2.05, 4.69) is 4.74 Å². The summed E-state index contributed by atoms with van der Waals surface area (Å²) in [6, 6.07) is 0. The number of esters is 1. The predicted octanol–water partition coefficient (Wildman–Crippen LogP) is 0.505. The first kappa shape index (κ1) is 12.1. The quantitative estimate of drug-likeness (QED) is 0.359. The molecule has 0 unspecified atom stereocenters. The summed E-state index contributed by atoms with van der Waals surface area (Å²) in [7, 11) is 0. The SMILES string of the molecule is CCOC(=O)COCC/C=C/CO. The van der Waals surface area contributed by atoms with Gasteiger partial charge < -0.3 is 14.6 Å². The maximum absolute atomic E-state index is 10.7. The molecule has 4 heteroatoms. The summed E-state index contributed by atoms with van der Waals surface area (Å²) in [5.41, 5.74) is 0. The van der Waals surface area contributed by atoms with Crippen molar-refractivity contribution >= 4 is 5.97 Å². The fourth-order valence-electron chi connectivity index (χ4n) is 0.702. The zero-order valence-electron chi connectivity index (χ0n) is 7.86. The van der Waals surface area contributed by atoms with E-state index in [9.17, 15) is 4.79 Å². The molecule has 1 N–H and O–H groups in total. The van der Waals surface area contributed by atoms with Crippen molar-refractivity contribution in [2.75, 3.05) is 26.4 Å². The van der Waals surface area contributed by atoms with Crippen LogP contribution < -0.4 is 0 Å². The lowest BCUT2D eigenvalue weighted by Crippen LogP contribution is -2.12. The molecule has 0 atom stereocenters. The molecule has 0 fully saturated rings. The smallest absolute Gasteiger partial charge is 0.332 e. The van der Waals surface area contributed by atoms with Crippen LogP contribution in [0.25, 0.3) is 0 Å². The lowest BCUT2D eigenvalue weighted by atomic mass is 10.4. The molecule has 0 saturated carbocycles. The number of ether oxygens (including phenoxy) is 2. The van der Waals surface area contributed by atoms with Crippen molar-refractivity contribution in [1.82, 2.24) is 0 Å². The van der Waals surface area contributed by atoms with E-state index in [1.165, 1.54) is 0 Å². The maximum Gasteiger partial charge on any atom is 0.332 e. The second-order valence-electron chi connectivity index (χ2n) is 2.30. The molecule has 0 radical (unpaired) electrons. The Morgan fingerprint density at radius 1 is 1.46 bits per heavy atom. The number of aliphatic hydroxyl groups is 1. The summed E-state index contributed by atoms with van der Waals surface area (Å²) in [5, 5.41) is 8.38. The van der Waals surface area contributed by atoms with Crippen molar-refractivity contribution in [2.24, 2.45) is 0 Å². The van der Waals surface area contributed by atoms with E-state index in [4.69, 9.17) is 9.84 Å². The first-order chi connectivity index (χ1) is 6.31. The van der Waals surface area contributed by atoms with Crippen LogP contribution >= 0.6 is 0 Å². The summed E-state index contributed by atoms with van der Waals surface area (Å²) < 4.78 is 9.63. The normalized spacial score (nSPS) is 10.6. The number of aliphatic hydroxyl groups excluding tert-OH is 1. The number of carbonyl (C=O) groups excluding carboxylic acids is 1. The monoisotopic (exact) mass is 188 g/mol. The Bertz CT molecular complexity index is 154. The van der Waals surface area contributed by atoms with Crippen molar-refractivity contribution in [3.8, 4) is 0 Å². The number of hydrogen-bond acceptors (Lipinski definition) is 4. The van der Waals surface area contributed by atoms with Crippen LogP contribution in [0.15, 0.2) is 12.2 Å². The molecule has 0 heterocycles. The summed E-state index contributed by atoms with van der Waals surface area (Å²) in [6.07, 6.45) is 4.12. The molecule has 0 spiro atoms. The first-order valence-electron chi connectivity index (χ1n) is 4.30. The summed E-state index contributed by atoms with van der Waals surface area (Å²) >= 11 is 0. The van der Waals surface area contributed by atoms with Gasteiger partial charge in [0.15, 0.2) is 0 Å². The molecule has 76 valence electrons. The molecule has 0 aromatic rings. The van der Waals surface area contributed by atoms with Gasteiger partial charge in [0, 0.05) is 0 Å². The van der Waals surface area contributed by atoms with E-state index in [0.29, 0.717) is 19.6 Å². The molecular formula is C9H16O4. The molecule has 0 aromatic heterocycles. The van der Waals surface area contributed by atoms with Gasteiger partial charge in [0.1, 0.15) is 6.61 Å². The zero-order valence-corrected chi connectivity index (χ0v) is 7.86. The summed E-state index contributed by atoms with van der Waals surface area (Å²) in [5.74, 6) is -0.339. The largest absolute Gasteiger partial charge is 0.464 e. The highest BCUT2D eigenvalue weighted by Crippen LogP contribution is 1.86. The van der Waals surface area contributed by atoms with Gasteiger partial charge in [-0.05, 0) is 13.3 Å². The highest BCUT2D eigenvalue weighted by atomic mass is 16.6. The van der Waals surface area contributed by atoms with Gasteiger partial charge in [-0.15, -0.1) is 0 Å². The van der Waals surface area contributed by atoms with Crippen LogP contribution in [-0.4, -0.2) is 37.5 Å². The minimum absolute atomic E-state index is 0.000799. The molecule has 0 rings (SSSR count). The number of rotatable bonds is 7. The second-order valence-corrected chi connectivity index (χ2v) is 2.30. The van der Waals surface area contributed by atoms with Crippen LogP contribution in [0.5, 0.6) is 0 Å². The van der Waals surface area contributed by atoms with Crippen molar-refractivity contribution in [2.45, 2.75) is 13.3 Å². The minimum atomic E-state index is -0.339. The Balaban J connectivity index is 3.15. The number of hydrogen-bond donors (Lipinski definition) is 1. The van der Waals surface area contributed by atoms with Gasteiger partial charge in [-0.1, -0.05) is 12.2 Å². The third-order valence-electron chi connectivity index (χ3n) is 1.23. The highest BCUT2D eigenvalue weighted by molar-refractivity contribution is 5.70. The van der Waals surface area contributed by atoms with Crippen molar-refractivity contribution in [1.29, 1.82) is 0 Å². The Morgan fingerprint density at radius 2 is 2.23 bits per heavy atom. The van der Waals surface area contributed by atoms with Gasteiger partial charge in [-0.25, -0.2) is 4.79 Å². The van der Waals surface area contributed by atoms with E-state index < -0.39 is 0 Å². The molecule has 0 aliphatic carbocycles. The molecule has 0 aliphatic rings. The summed E-state index contributed by atoms with van der Waals surface area (Å²) in [4.78, 5) is 10.7. The topological polar surface area (TPSA) is 55.8 Å². The van der Waals surface area contributed by atoms with Crippen molar-refractivity contribution < 1.29 is 19.4 Å². The average Bonchev–Trinajstić information content (AvgIpc) is 2.11. The summed E-state index contributed by atoms with van der Waals surface area (Å²) in [6.45, 7) is 2.64. The average molecular weight is 188 g/mol. The molecule has 13 heavy (non-hydrogen) atoms. The minimum Gasteiger partial charge on any atom is -0.464 e. The van der Waals surface area contributed by atoms with E-state index in [1.54, 1.807) is 19.1 Å². The van der Waals surface area contributed by atoms with E-state index in [1.807, 2.05) is 0 Å². The Kier molecular flexibility index (Phi) is 8.60. The van der Waals surface area contributed by atoms with Crippen LogP contribution in [-0.2, 0) is 14.3 Å². The molecule has 4 nitrogen and oxygen atoms in total. The molecule has 0 amide bonds. The van der Waals surface area contributed by atoms with E-state index >= 15 is 0 Å². The first-order valence-corrected chi connectivity index (χ1v) is 4.30.